The van der Waals surface area contributed by atoms with Crippen LogP contribution >= 0.6 is 11.6 Å². The summed E-state index contributed by atoms with van der Waals surface area (Å²) >= 11 is 6.12. The highest BCUT2D eigenvalue weighted by Gasteiger charge is 2.27. The van der Waals surface area contributed by atoms with E-state index in [1.807, 2.05) is 4.68 Å². The molecule has 0 fully saturated rings. The first-order valence-electron chi connectivity index (χ1n) is 5.34. The number of aromatic nitrogens is 2. The van der Waals surface area contributed by atoms with Crippen molar-refractivity contribution in [3.63, 3.8) is 0 Å². The van der Waals surface area contributed by atoms with Gasteiger partial charge in [0.25, 0.3) is 0 Å². The van der Waals surface area contributed by atoms with Crippen LogP contribution in [0.1, 0.15) is 45.9 Å². The molecule has 1 atom stereocenters. The van der Waals surface area contributed by atoms with Gasteiger partial charge in [0.1, 0.15) is 0 Å². The summed E-state index contributed by atoms with van der Waals surface area (Å²) in [4.78, 5) is 0. The standard InChI is InChI=1S/C11H20ClN3/c1-5-6-15-9(8(12)7-14-15)10(13)11(2,3)4/h7,10H,5-6,13H2,1-4H3. The van der Waals surface area contributed by atoms with Crippen molar-refractivity contribution >= 4 is 11.6 Å². The van der Waals surface area contributed by atoms with Crippen LogP contribution in [-0.2, 0) is 6.54 Å². The molecule has 1 aromatic heterocycles. The Morgan fingerprint density at radius 2 is 2.13 bits per heavy atom. The van der Waals surface area contributed by atoms with E-state index >= 15 is 0 Å². The molecule has 0 bridgehead atoms. The molecular weight excluding hydrogens is 210 g/mol. The highest BCUT2D eigenvalue weighted by molar-refractivity contribution is 6.31. The smallest absolute Gasteiger partial charge is 0.0834 e. The summed E-state index contributed by atoms with van der Waals surface area (Å²) < 4.78 is 1.91. The van der Waals surface area contributed by atoms with Gasteiger partial charge in [-0.3, -0.25) is 4.68 Å². The molecule has 15 heavy (non-hydrogen) atoms. The Labute approximate surface area is 96.6 Å². The van der Waals surface area contributed by atoms with Gasteiger partial charge in [-0.05, 0) is 11.8 Å². The van der Waals surface area contributed by atoms with E-state index in [4.69, 9.17) is 17.3 Å². The molecule has 1 aromatic rings. The molecule has 4 heteroatoms. The van der Waals surface area contributed by atoms with Crippen molar-refractivity contribution in [3.8, 4) is 0 Å². The Kier molecular flexibility index (Phi) is 3.79. The first-order chi connectivity index (χ1) is 6.88. The first-order valence-corrected chi connectivity index (χ1v) is 5.72. The summed E-state index contributed by atoms with van der Waals surface area (Å²) in [5.41, 5.74) is 7.15. The van der Waals surface area contributed by atoms with Crippen molar-refractivity contribution in [2.24, 2.45) is 11.1 Å². The Hall–Kier alpha value is -0.540. The van der Waals surface area contributed by atoms with Gasteiger partial charge in [-0.15, -0.1) is 0 Å². The van der Waals surface area contributed by atoms with Crippen LogP contribution in [0.5, 0.6) is 0 Å². The van der Waals surface area contributed by atoms with E-state index in [0.29, 0.717) is 5.02 Å². The minimum atomic E-state index is -0.0842. The second-order valence-electron chi connectivity index (χ2n) is 4.94. The fraction of sp³-hybridized carbons (Fsp3) is 0.727. The molecule has 86 valence electrons. The average molecular weight is 230 g/mol. The predicted octanol–water partition coefficient (Wildman–Crippen LogP) is 2.99. The molecule has 3 nitrogen and oxygen atoms in total. The second kappa shape index (κ2) is 4.54. The van der Waals surface area contributed by atoms with Crippen LogP contribution in [0.2, 0.25) is 5.02 Å². The molecule has 0 radical (unpaired) electrons. The van der Waals surface area contributed by atoms with Gasteiger partial charge in [0.15, 0.2) is 0 Å². The van der Waals surface area contributed by atoms with E-state index in [1.54, 1.807) is 6.20 Å². The molecule has 0 saturated heterocycles. The molecule has 0 aromatic carbocycles. The molecule has 0 aliphatic rings. The van der Waals surface area contributed by atoms with Gasteiger partial charge in [0.2, 0.25) is 0 Å². The maximum atomic E-state index is 6.20. The number of nitrogens with two attached hydrogens (primary N) is 1. The number of rotatable bonds is 3. The number of hydrogen-bond donors (Lipinski definition) is 1. The van der Waals surface area contributed by atoms with Gasteiger partial charge in [-0.2, -0.15) is 5.10 Å². The Balaban J connectivity index is 3.06. The van der Waals surface area contributed by atoms with Crippen molar-refractivity contribution in [1.29, 1.82) is 0 Å². The number of halogens is 1. The Morgan fingerprint density at radius 1 is 1.53 bits per heavy atom. The monoisotopic (exact) mass is 229 g/mol. The van der Waals surface area contributed by atoms with Crippen LogP contribution in [0.4, 0.5) is 0 Å². The van der Waals surface area contributed by atoms with Crippen molar-refractivity contribution in [2.75, 3.05) is 0 Å². The summed E-state index contributed by atoms with van der Waals surface area (Å²) in [6.45, 7) is 9.31. The summed E-state index contributed by atoms with van der Waals surface area (Å²) in [5, 5.41) is 4.92. The lowest BCUT2D eigenvalue weighted by atomic mass is 9.85. The maximum absolute atomic E-state index is 6.20. The highest BCUT2D eigenvalue weighted by Crippen LogP contribution is 2.34. The molecule has 0 saturated carbocycles. The quantitative estimate of drug-likeness (QED) is 0.866. The minimum Gasteiger partial charge on any atom is -0.322 e. The van der Waals surface area contributed by atoms with Gasteiger partial charge in [-0.25, -0.2) is 0 Å². The molecule has 0 spiro atoms. The van der Waals surface area contributed by atoms with Crippen LogP contribution in [0.25, 0.3) is 0 Å². The van der Waals surface area contributed by atoms with Crippen molar-refractivity contribution in [3.05, 3.63) is 16.9 Å². The van der Waals surface area contributed by atoms with E-state index in [-0.39, 0.29) is 11.5 Å². The molecular formula is C11H20ClN3. The predicted molar refractivity (Wildman–Crippen MR) is 63.9 cm³/mol. The van der Waals surface area contributed by atoms with Crippen LogP contribution in [0.15, 0.2) is 6.20 Å². The average Bonchev–Trinajstić information content (AvgIpc) is 2.45. The maximum Gasteiger partial charge on any atom is 0.0834 e. The molecule has 1 rings (SSSR count). The fourth-order valence-corrected chi connectivity index (χ4v) is 1.74. The molecule has 2 N–H and O–H groups in total. The van der Waals surface area contributed by atoms with Crippen molar-refractivity contribution in [2.45, 2.75) is 46.7 Å². The van der Waals surface area contributed by atoms with Crippen LogP contribution in [0, 0.1) is 5.41 Å². The van der Waals surface area contributed by atoms with E-state index in [1.165, 1.54) is 0 Å². The molecule has 1 unspecified atom stereocenters. The third-order valence-corrected chi connectivity index (χ3v) is 2.79. The first kappa shape index (κ1) is 12.5. The van der Waals surface area contributed by atoms with Crippen LogP contribution in [0.3, 0.4) is 0 Å². The van der Waals surface area contributed by atoms with Crippen LogP contribution in [-0.4, -0.2) is 9.78 Å². The van der Waals surface area contributed by atoms with E-state index in [9.17, 15) is 0 Å². The molecule has 0 aliphatic carbocycles. The van der Waals surface area contributed by atoms with Gasteiger partial charge in [0.05, 0.1) is 23.0 Å². The van der Waals surface area contributed by atoms with E-state index < -0.39 is 0 Å². The topological polar surface area (TPSA) is 43.8 Å². The lowest BCUT2D eigenvalue weighted by molar-refractivity contribution is 0.309. The lowest BCUT2D eigenvalue weighted by Gasteiger charge is -2.28. The third-order valence-electron chi connectivity index (χ3n) is 2.50. The summed E-state index contributed by atoms with van der Waals surface area (Å²) in [6.07, 6.45) is 2.71. The van der Waals surface area contributed by atoms with Gasteiger partial charge >= 0.3 is 0 Å². The lowest BCUT2D eigenvalue weighted by Crippen LogP contribution is -2.29. The molecule has 0 aliphatic heterocycles. The highest BCUT2D eigenvalue weighted by atomic mass is 35.5. The molecule has 1 heterocycles. The largest absolute Gasteiger partial charge is 0.322 e. The van der Waals surface area contributed by atoms with Crippen LogP contribution < -0.4 is 5.73 Å². The summed E-state index contributed by atoms with van der Waals surface area (Å²) in [5.74, 6) is 0. The zero-order valence-electron chi connectivity index (χ0n) is 9.92. The summed E-state index contributed by atoms with van der Waals surface area (Å²) in [6, 6.07) is -0.0842. The molecule has 0 amide bonds. The fourth-order valence-electron chi connectivity index (χ4n) is 1.48. The van der Waals surface area contributed by atoms with E-state index in [0.717, 1.165) is 18.7 Å². The van der Waals surface area contributed by atoms with Gasteiger partial charge in [0, 0.05) is 6.54 Å². The normalized spacial score (nSPS) is 14.3. The zero-order valence-corrected chi connectivity index (χ0v) is 10.7. The Bertz CT molecular complexity index is 325. The van der Waals surface area contributed by atoms with E-state index in [2.05, 4.69) is 32.8 Å². The second-order valence-corrected chi connectivity index (χ2v) is 5.35. The SMILES string of the molecule is CCCn1ncc(Cl)c1C(N)C(C)(C)C. The minimum absolute atomic E-state index is 0.00480. The number of nitrogens with zero attached hydrogens (tertiary/aromatic N) is 2. The van der Waals surface area contributed by atoms with Crippen molar-refractivity contribution in [1.82, 2.24) is 9.78 Å². The number of hydrogen-bond acceptors (Lipinski definition) is 2. The van der Waals surface area contributed by atoms with Gasteiger partial charge in [-0.1, -0.05) is 39.3 Å². The zero-order chi connectivity index (χ0) is 11.6. The number of aryl methyl sites for hydroxylation is 1. The van der Waals surface area contributed by atoms with Crippen molar-refractivity contribution < 1.29 is 0 Å². The third kappa shape index (κ3) is 2.73. The van der Waals surface area contributed by atoms with Gasteiger partial charge < -0.3 is 5.73 Å². The summed E-state index contributed by atoms with van der Waals surface area (Å²) in [7, 11) is 0. The Morgan fingerprint density at radius 3 is 2.60 bits per heavy atom.